The normalized spacial score (nSPS) is 10.5. The summed E-state index contributed by atoms with van der Waals surface area (Å²) >= 11 is 6.15. The maximum Gasteiger partial charge on any atom is 0.125 e. The number of nitrogens with two attached hydrogens (primary N) is 1. The first-order chi connectivity index (χ1) is 7.11. The lowest BCUT2D eigenvalue weighted by Crippen LogP contribution is -2.06. The fourth-order valence-corrected chi connectivity index (χ4v) is 2.14. The molecule has 0 heterocycles. The van der Waals surface area contributed by atoms with Gasteiger partial charge in [0.1, 0.15) is 5.75 Å². The number of ether oxygens (including phenoxy) is 1. The summed E-state index contributed by atoms with van der Waals surface area (Å²) in [5.74, 6) is 5.88. The van der Waals surface area contributed by atoms with Gasteiger partial charge < -0.3 is 9.57 Å². The highest BCUT2D eigenvalue weighted by molar-refractivity contribution is 6.31. The van der Waals surface area contributed by atoms with Crippen molar-refractivity contribution in [1.29, 1.82) is 0 Å². The summed E-state index contributed by atoms with van der Waals surface area (Å²) in [4.78, 5) is 4.56. The van der Waals surface area contributed by atoms with Gasteiger partial charge in [0.15, 0.2) is 0 Å². The predicted octanol–water partition coefficient (Wildman–Crippen LogP) is 2.40. The highest BCUT2D eigenvalue weighted by Gasteiger charge is 2.12. The maximum absolute atomic E-state index is 6.15. The Labute approximate surface area is 95.1 Å². The van der Waals surface area contributed by atoms with Gasteiger partial charge >= 0.3 is 0 Å². The fraction of sp³-hybridized carbons (Fsp3) is 0.455. The number of hydrogen-bond donors (Lipinski definition) is 1. The van der Waals surface area contributed by atoms with Crippen molar-refractivity contribution >= 4 is 11.6 Å². The van der Waals surface area contributed by atoms with Crippen molar-refractivity contribution in [3.63, 3.8) is 0 Å². The first-order valence-corrected chi connectivity index (χ1v) is 5.13. The van der Waals surface area contributed by atoms with E-state index in [1.165, 1.54) is 0 Å². The molecule has 0 saturated carbocycles. The van der Waals surface area contributed by atoms with Gasteiger partial charge in [-0.1, -0.05) is 11.6 Å². The Morgan fingerprint density at radius 2 is 2.07 bits per heavy atom. The molecule has 0 saturated heterocycles. The topological polar surface area (TPSA) is 44.5 Å². The van der Waals surface area contributed by atoms with Crippen molar-refractivity contribution in [3.05, 3.63) is 27.8 Å². The van der Waals surface area contributed by atoms with Gasteiger partial charge in [-0.2, -0.15) is 0 Å². The molecule has 1 aromatic rings. The van der Waals surface area contributed by atoms with E-state index in [0.717, 1.165) is 27.5 Å². The van der Waals surface area contributed by atoms with E-state index in [1.54, 1.807) is 7.11 Å². The number of methoxy groups -OCH3 is 1. The minimum Gasteiger partial charge on any atom is -0.496 e. The summed E-state index contributed by atoms with van der Waals surface area (Å²) in [7, 11) is 1.66. The van der Waals surface area contributed by atoms with Crippen LogP contribution in [0.5, 0.6) is 5.75 Å². The number of rotatable bonds is 4. The standard InChI is InChI=1S/C11H16ClNO2/c1-7-6-10(12)9(4-5-15-13)8(2)11(7)14-3/h6H,4-5,13H2,1-3H3. The maximum atomic E-state index is 6.15. The molecule has 0 unspecified atom stereocenters. The van der Waals surface area contributed by atoms with Gasteiger partial charge in [-0.25, -0.2) is 5.90 Å². The first kappa shape index (κ1) is 12.3. The summed E-state index contributed by atoms with van der Waals surface area (Å²) < 4.78 is 5.32. The van der Waals surface area contributed by atoms with Gasteiger partial charge in [0.25, 0.3) is 0 Å². The van der Waals surface area contributed by atoms with Crippen molar-refractivity contribution in [1.82, 2.24) is 0 Å². The zero-order chi connectivity index (χ0) is 11.4. The van der Waals surface area contributed by atoms with E-state index in [4.69, 9.17) is 22.2 Å². The van der Waals surface area contributed by atoms with Crippen LogP contribution in [0.15, 0.2) is 6.07 Å². The lowest BCUT2D eigenvalue weighted by molar-refractivity contribution is 0.141. The molecule has 0 spiro atoms. The Balaban J connectivity index is 3.14. The van der Waals surface area contributed by atoms with Gasteiger partial charge in [-0.15, -0.1) is 0 Å². The third kappa shape index (κ3) is 2.62. The monoisotopic (exact) mass is 229 g/mol. The van der Waals surface area contributed by atoms with Crippen molar-refractivity contribution in [2.45, 2.75) is 20.3 Å². The molecule has 84 valence electrons. The minimum absolute atomic E-state index is 0.451. The molecule has 0 atom stereocenters. The minimum atomic E-state index is 0.451. The third-order valence-corrected chi connectivity index (χ3v) is 2.79. The Hall–Kier alpha value is -0.770. The van der Waals surface area contributed by atoms with Gasteiger partial charge in [0.05, 0.1) is 13.7 Å². The van der Waals surface area contributed by atoms with E-state index in [9.17, 15) is 0 Å². The Morgan fingerprint density at radius 1 is 1.40 bits per heavy atom. The van der Waals surface area contributed by atoms with E-state index >= 15 is 0 Å². The van der Waals surface area contributed by atoms with Crippen LogP contribution in [-0.4, -0.2) is 13.7 Å². The largest absolute Gasteiger partial charge is 0.496 e. The molecule has 0 aliphatic rings. The van der Waals surface area contributed by atoms with Crippen molar-refractivity contribution in [2.75, 3.05) is 13.7 Å². The average molecular weight is 230 g/mol. The van der Waals surface area contributed by atoms with Crippen LogP contribution in [0.25, 0.3) is 0 Å². The van der Waals surface area contributed by atoms with Gasteiger partial charge in [0.2, 0.25) is 0 Å². The summed E-state index contributed by atoms with van der Waals surface area (Å²) in [5.41, 5.74) is 3.13. The summed E-state index contributed by atoms with van der Waals surface area (Å²) in [6.07, 6.45) is 0.692. The molecule has 3 nitrogen and oxygen atoms in total. The molecular weight excluding hydrogens is 214 g/mol. The lowest BCUT2D eigenvalue weighted by atomic mass is 10.0. The van der Waals surface area contributed by atoms with Crippen molar-refractivity contribution < 1.29 is 9.57 Å². The highest BCUT2D eigenvalue weighted by atomic mass is 35.5. The van der Waals surface area contributed by atoms with Crippen LogP contribution < -0.4 is 10.6 Å². The number of aryl methyl sites for hydroxylation is 1. The molecule has 2 N–H and O–H groups in total. The number of halogens is 1. The van der Waals surface area contributed by atoms with Crippen LogP contribution in [0.2, 0.25) is 5.02 Å². The second-order valence-electron chi connectivity index (χ2n) is 3.43. The van der Waals surface area contributed by atoms with Crippen LogP contribution in [0.1, 0.15) is 16.7 Å². The van der Waals surface area contributed by atoms with E-state index in [-0.39, 0.29) is 0 Å². The molecule has 0 aliphatic carbocycles. The second-order valence-corrected chi connectivity index (χ2v) is 3.84. The first-order valence-electron chi connectivity index (χ1n) is 4.76. The molecule has 4 heteroatoms. The Bertz CT molecular complexity index is 353. The lowest BCUT2D eigenvalue weighted by Gasteiger charge is -2.14. The average Bonchev–Trinajstić information content (AvgIpc) is 2.17. The summed E-state index contributed by atoms with van der Waals surface area (Å²) in [6.45, 7) is 4.41. The van der Waals surface area contributed by atoms with E-state index < -0.39 is 0 Å². The molecular formula is C11H16ClNO2. The SMILES string of the molecule is COc1c(C)cc(Cl)c(CCON)c1C. The predicted molar refractivity (Wildman–Crippen MR) is 61.3 cm³/mol. The molecule has 0 amide bonds. The smallest absolute Gasteiger partial charge is 0.125 e. The van der Waals surface area contributed by atoms with E-state index in [2.05, 4.69) is 4.84 Å². The second kappa shape index (κ2) is 5.35. The van der Waals surface area contributed by atoms with Gasteiger partial charge in [0, 0.05) is 5.02 Å². The highest BCUT2D eigenvalue weighted by Crippen LogP contribution is 2.31. The summed E-state index contributed by atoms with van der Waals surface area (Å²) in [5, 5.41) is 0.739. The number of benzene rings is 1. The Morgan fingerprint density at radius 3 is 2.60 bits per heavy atom. The van der Waals surface area contributed by atoms with E-state index in [0.29, 0.717) is 13.0 Å². The molecule has 0 radical (unpaired) electrons. The molecule has 15 heavy (non-hydrogen) atoms. The molecule has 0 aliphatic heterocycles. The third-order valence-electron chi connectivity index (χ3n) is 2.46. The summed E-state index contributed by atoms with van der Waals surface area (Å²) in [6, 6.07) is 1.90. The van der Waals surface area contributed by atoms with E-state index in [1.807, 2.05) is 19.9 Å². The van der Waals surface area contributed by atoms with Crippen LogP contribution in [0, 0.1) is 13.8 Å². The number of hydrogen-bond acceptors (Lipinski definition) is 3. The van der Waals surface area contributed by atoms with Crippen LogP contribution >= 0.6 is 11.6 Å². The molecule has 1 aromatic carbocycles. The molecule has 0 aromatic heterocycles. The van der Waals surface area contributed by atoms with Gasteiger partial charge in [-0.3, -0.25) is 0 Å². The quantitative estimate of drug-likeness (QED) is 0.807. The molecule has 0 fully saturated rings. The zero-order valence-corrected chi connectivity index (χ0v) is 10.0. The Kier molecular flexibility index (Phi) is 4.39. The van der Waals surface area contributed by atoms with Crippen molar-refractivity contribution in [3.8, 4) is 5.75 Å². The molecule has 1 rings (SSSR count). The van der Waals surface area contributed by atoms with Crippen LogP contribution in [-0.2, 0) is 11.3 Å². The van der Waals surface area contributed by atoms with Crippen molar-refractivity contribution in [2.24, 2.45) is 5.90 Å². The zero-order valence-electron chi connectivity index (χ0n) is 9.26. The fourth-order valence-electron chi connectivity index (χ4n) is 1.74. The van der Waals surface area contributed by atoms with Gasteiger partial charge in [-0.05, 0) is 43.0 Å². The van der Waals surface area contributed by atoms with Crippen LogP contribution in [0.4, 0.5) is 0 Å². The van der Waals surface area contributed by atoms with Crippen LogP contribution in [0.3, 0.4) is 0 Å². The molecule has 0 bridgehead atoms.